The zero-order valence-corrected chi connectivity index (χ0v) is 12.9. The number of nitrogens with one attached hydrogen (secondary N) is 1. The van der Waals surface area contributed by atoms with Gasteiger partial charge in [0.1, 0.15) is 5.82 Å². The largest absolute Gasteiger partial charge is 0.310 e. The molecule has 1 saturated heterocycles. The Morgan fingerprint density at radius 1 is 1.35 bits per heavy atom. The van der Waals surface area contributed by atoms with Crippen LogP contribution in [0.25, 0.3) is 0 Å². The fourth-order valence-corrected chi connectivity index (χ4v) is 2.87. The summed E-state index contributed by atoms with van der Waals surface area (Å²) in [6.45, 7) is 6.30. The van der Waals surface area contributed by atoms with E-state index in [9.17, 15) is 4.39 Å². The van der Waals surface area contributed by atoms with E-state index in [4.69, 9.17) is 11.6 Å². The van der Waals surface area contributed by atoms with Crippen LogP contribution >= 0.6 is 11.6 Å². The molecule has 0 saturated carbocycles. The van der Waals surface area contributed by atoms with E-state index in [0.29, 0.717) is 23.2 Å². The van der Waals surface area contributed by atoms with Crippen LogP contribution < -0.4 is 5.32 Å². The first-order valence-corrected chi connectivity index (χ1v) is 7.96. The van der Waals surface area contributed by atoms with Gasteiger partial charge in [-0.2, -0.15) is 0 Å². The van der Waals surface area contributed by atoms with E-state index >= 15 is 0 Å². The molecule has 0 spiro atoms. The molecule has 0 aromatic heterocycles. The van der Waals surface area contributed by atoms with Crippen LogP contribution in [0.3, 0.4) is 0 Å². The van der Waals surface area contributed by atoms with Gasteiger partial charge >= 0.3 is 0 Å². The topological polar surface area (TPSA) is 15.3 Å². The first-order valence-electron chi connectivity index (χ1n) is 7.58. The second-order valence-corrected chi connectivity index (χ2v) is 6.02. The molecule has 0 aliphatic carbocycles. The van der Waals surface area contributed by atoms with E-state index in [1.54, 1.807) is 12.1 Å². The Balaban J connectivity index is 1.74. The Morgan fingerprint density at radius 3 is 2.80 bits per heavy atom. The number of likely N-dealkylation sites (tertiary alicyclic amines) is 1. The quantitative estimate of drug-likeness (QED) is 0.858. The predicted octanol–water partition coefficient (Wildman–Crippen LogP) is 3.83. The van der Waals surface area contributed by atoms with Crippen LogP contribution in [-0.4, -0.2) is 30.6 Å². The number of hydrogen-bond acceptors (Lipinski definition) is 2. The van der Waals surface area contributed by atoms with Crippen LogP contribution in [0.1, 0.15) is 38.2 Å². The van der Waals surface area contributed by atoms with Crippen LogP contribution in [0.2, 0.25) is 5.02 Å². The molecule has 1 aliphatic heterocycles. The Labute approximate surface area is 126 Å². The molecular weight excluding hydrogens is 275 g/mol. The minimum Gasteiger partial charge on any atom is -0.310 e. The smallest absolute Gasteiger partial charge is 0.127 e. The van der Waals surface area contributed by atoms with Crippen molar-refractivity contribution in [2.24, 2.45) is 0 Å². The second kappa shape index (κ2) is 7.96. The Kier molecular flexibility index (Phi) is 6.27. The molecule has 4 heteroatoms. The summed E-state index contributed by atoms with van der Waals surface area (Å²) in [5.41, 5.74) is 0.658. The van der Waals surface area contributed by atoms with Gasteiger partial charge in [0.25, 0.3) is 0 Å². The number of rotatable bonds is 6. The molecule has 0 bridgehead atoms. The van der Waals surface area contributed by atoms with Gasteiger partial charge in [-0.15, -0.1) is 0 Å². The van der Waals surface area contributed by atoms with Crippen LogP contribution in [0, 0.1) is 5.82 Å². The fourth-order valence-electron chi connectivity index (χ4n) is 2.68. The maximum absolute atomic E-state index is 13.6. The summed E-state index contributed by atoms with van der Waals surface area (Å²) in [5.74, 6) is -0.178. The molecule has 2 nitrogen and oxygen atoms in total. The average molecular weight is 299 g/mol. The molecule has 0 unspecified atom stereocenters. The van der Waals surface area contributed by atoms with Gasteiger partial charge in [-0.3, -0.25) is 0 Å². The molecule has 20 heavy (non-hydrogen) atoms. The molecule has 2 rings (SSSR count). The van der Waals surface area contributed by atoms with Gasteiger partial charge in [0.2, 0.25) is 0 Å². The highest BCUT2D eigenvalue weighted by molar-refractivity contribution is 6.30. The van der Waals surface area contributed by atoms with Crippen LogP contribution in [0.4, 0.5) is 4.39 Å². The van der Waals surface area contributed by atoms with Crippen molar-refractivity contribution < 1.29 is 4.39 Å². The van der Waals surface area contributed by atoms with Gasteiger partial charge in [0.15, 0.2) is 0 Å². The molecule has 1 aromatic rings. The normalized spacial score (nSPS) is 17.6. The lowest BCUT2D eigenvalue weighted by Crippen LogP contribution is -2.42. The van der Waals surface area contributed by atoms with Gasteiger partial charge in [-0.05, 0) is 57.1 Å². The molecule has 0 atom stereocenters. The van der Waals surface area contributed by atoms with Crippen molar-refractivity contribution in [2.75, 3.05) is 19.6 Å². The molecule has 1 fully saturated rings. The SMILES string of the molecule is CCCCN1CCC(NCc2cc(Cl)ccc2F)CC1. The highest BCUT2D eigenvalue weighted by Gasteiger charge is 2.18. The molecule has 0 radical (unpaired) electrons. The number of halogens is 2. The van der Waals surface area contributed by atoms with Crippen molar-refractivity contribution in [1.29, 1.82) is 0 Å². The number of piperidine rings is 1. The van der Waals surface area contributed by atoms with E-state index in [0.717, 1.165) is 25.9 Å². The van der Waals surface area contributed by atoms with Crippen molar-refractivity contribution >= 4 is 11.6 Å². The van der Waals surface area contributed by atoms with Crippen LogP contribution in [0.15, 0.2) is 18.2 Å². The molecule has 1 N–H and O–H groups in total. The third kappa shape index (κ3) is 4.72. The number of benzene rings is 1. The lowest BCUT2D eigenvalue weighted by atomic mass is 10.0. The fraction of sp³-hybridized carbons (Fsp3) is 0.625. The molecular formula is C16H24ClFN2. The maximum atomic E-state index is 13.6. The monoisotopic (exact) mass is 298 g/mol. The third-order valence-corrected chi connectivity index (χ3v) is 4.24. The third-order valence-electron chi connectivity index (χ3n) is 4.00. The standard InChI is InChI=1S/C16H24ClFN2/c1-2-3-8-20-9-6-15(7-10-20)19-12-13-11-14(17)4-5-16(13)18/h4-5,11,15,19H,2-3,6-10,12H2,1H3. The van der Waals surface area contributed by atoms with Crippen molar-refractivity contribution in [2.45, 2.75) is 45.2 Å². The van der Waals surface area contributed by atoms with Crippen molar-refractivity contribution in [3.63, 3.8) is 0 Å². The van der Waals surface area contributed by atoms with Gasteiger partial charge in [0, 0.05) is 23.2 Å². The Hall–Kier alpha value is -0.640. The van der Waals surface area contributed by atoms with E-state index < -0.39 is 0 Å². The van der Waals surface area contributed by atoms with E-state index in [-0.39, 0.29) is 5.82 Å². The first kappa shape index (κ1) is 15.7. The number of unbranched alkanes of at least 4 members (excludes halogenated alkanes) is 1. The van der Waals surface area contributed by atoms with Crippen molar-refractivity contribution in [1.82, 2.24) is 10.2 Å². The van der Waals surface area contributed by atoms with Gasteiger partial charge in [0.05, 0.1) is 0 Å². The summed E-state index contributed by atoms with van der Waals surface area (Å²) in [5, 5.41) is 4.05. The molecule has 1 aliphatic rings. The second-order valence-electron chi connectivity index (χ2n) is 5.59. The summed E-state index contributed by atoms with van der Waals surface area (Å²) in [6.07, 6.45) is 4.83. The molecule has 0 amide bonds. The Bertz CT molecular complexity index is 417. The maximum Gasteiger partial charge on any atom is 0.127 e. The van der Waals surface area contributed by atoms with Crippen molar-refractivity contribution in [3.8, 4) is 0 Å². The van der Waals surface area contributed by atoms with Gasteiger partial charge < -0.3 is 10.2 Å². The van der Waals surface area contributed by atoms with E-state index in [2.05, 4.69) is 17.1 Å². The number of nitrogens with zero attached hydrogens (tertiary/aromatic N) is 1. The minimum atomic E-state index is -0.178. The summed E-state index contributed by atoms with van der Waals surface area (Å²) in [7, 11) is 0. The summed E-state index contributed by atoms with van der Waals surface area (Å²) in [6, 6.07) is 5.23. The highest BCUT2D eigenvalue weighted by atomic mass is 35.5. The lowest BCUT2D eigenvalue weighted by molar-refractivity contribution is 0.194. The zero-order valence-electron chi connectivity index (χ0n) is 12.2. The average Bonchev–Trinajstić information content (AvgIpc) is 2.47. The summed E-state index contributed by atoms with van der Waals surface area (Å²) < 4.78 is 13.6. The zero-order chi connectivity index (χ0) is 14.4. The highest BCUT2D eigenvalue weighted by Crippen LogP contribution is 2.16. The molecule has 1 heterocycles. The first-order chi connectivity index (χ1) is 9.69. The molecule has 112 valence electrons. The van der Waals surface area contributed by atoms with Gasteiger partial charge in [-0.1, -0.05) is 24.9 Å². The molecule has 1 aromatic carbocycles. The van der Waals surface area contributed by atoms with Crippen LogP contribution in [0.5, 0.6) is 0 Å². The predicted molar refractivity (Wildman–Crippen MR) is 82.6 cm³/mol. The van der Waals surface area contributed by atoms with Crippen LogP contribution in [-0.2, 0) is 6.54 Å². The van der Waals surface area contributed by atoms with E-state index in [1.165, 1.54) is 25.5 Å². The van der Waals surface area contributed by atoms with Crippen molar-refractivity contribution in [3.05, 3.63) is 34.6 Å². The van der Waals surface area contributed by atoms with Gasteiger partial charge in [-0.25, -0.2) is 4.39 Å². The van der Waals surface area contributed by atoms with E-state index in [1.807, 2.05) is 0 Å². The minimum absolute atomic E-state index is 0.178. The Morgan fingerprint density at radius 2 is 2.10 bits per heavy atom. The lowest BCUT2D eigenvalue weighted by Gasteiger charge is -2.32. The number of hydrogen-bond donors (Lipinski definition) is 1. The summed E-state index contributed by atoms with van der Waals surface area (Å²) >= 11 is 5.90. The summed E-state index contributed by atoms with van der Waals surface area (Å²) in [4.78, 5) is 2.53.